The minimum Gasteiger partial charge on any atom is -0.486 e. The van der Waals surface area contributed by atoms with E-state index in [9.17, 15) is 13.2 Å². The lowest BCUT2D eigenvalue weighted by Gasteiger charge is -2.36. The summed E-state index contributed by atoms with van der Waals surface area (Å²) in [4.78, 5) is 13.7. The summed E-state index contributed by atoms with van der Waals surface area (Å²) >= 11 is 0. The summed E-state index contributed by atoms with van der Waals surface area (Å²) in [6, 6.07) is 3.82. The lowest BCUT2D eigenvalue weighted by molar-refractivity contribution is -0.136. The molecule has 2 aliphatic rings. The number of sulfonamides is 1. The fraction of sp³-hybridized carbons (Fsp3) is 0.500. The number of amides is 1. The first-order valence-electron chi connectivity index (χ1n) is 7.08. The predicted octanol–water partition coefficient (Wildman–Crippen LogP) is 0.309. The van der Waals surface area contributed by atoms with E-state index in [-0.39, 0.29) is 17.3 Å². The van der Waals surface area contributed by atoms with E-state index in [2.05, 4.69) is 0 Å². The van der Waals surface area contributed by atoms with Gasteiger partial charge in [0, 0.05) is 26.2 Å². The van der Waals surface area contributed by atoms with Crippen molar-refractivity contribution in [1.82, 2.24) is 9.21 Å². The van der Waals surface area contributed by atoms with Gasteiger partial charge in [0.1, 0.15) is 19.3 Å². The summed E-state index contributed by atoms with van der Waals surface area (Å²) in [6.45, 7) is 3.10. The van der Waals surface area contributed by atoms with Crippen molar-refractivity contribution >= 4 is 15.9 Å². The van der Waals surface area contributed by atoms with E-state index >= 15 is 0 Å². The van der Waals surface area contributed by atoms with Crippen molar-refractivity contribution in [3.05, 3.63) is 18.2 Å². The summed E-state index contributed by atoms with van der Waals surface area (Å²) in [5.41, 5.74) is 0. The second-order valence-electron chi connectivity index (χ2n) is 5.36. The zero-order valence-electron chi connectivity index (χ0n) is 12.5. The van der Waals surface area contributed by atoms with Crippen LogP contribution in [-0.2, 0) is 14.8 Å². The van der Waals surface area contributed by atoms with Gasteiger partial charge < -0.3 is 14.4 Å². The van der Waals surface area contributed by atoms with E-state index < -0.39 is 16.1 Å². The Balaban J connectivity index is 1.94. The molecule has 1 amide bonds. The summed E-state index contributed by atoms with van der Waals surface area (Å²) in [7, 11) is -2.08. The second-order valence-corrected chi connectivity index (χ2v) is 7.25. The third-order valence-corrected chi connectivity index (χ3v) is 5.91. The van der Waals surface area contributed by atoms with Gasteiger partial charge in [0.15, 0.2) is 11.5 Å². The van der Waals surface area contributed by atoms with Crippen LogP contribution in [0.4, 0.5) is 0 Å². The molecule has 2 aliphatic heterocycles. The van der Waals surface area contributed by atoms with Gasteiger partial charge in [0.2, 0.25) is 15.9 Å². The lowest BCUT2D eigenvalue weighted by Crippen LogP contribution is -2.56. The van der Waals surface area contributed by atoms with Gasteiger partial charge >= 0.3 is 0 Å². The van der Waals surface area contributed by atoms with Gasteiger partial charge in [-0.25, -0.2) is 8.42 Å². The van der Waals surface area contributed by atoms with Crippen LogP contribution in [0.1, 0.15) is 6.92 Å². The monoisotopic (exact) mass is 326 g/mol. The van der Waals surface area contributed by atoms with Crippen molar-refractivity contribution in [2.45, 2.75) is 17.9 Å². The van der Waals surface area contributed by atoms with Crippen LogP contribution in [0.15, 0.2) is 23.1 Å². The number of likely N-dealkylation sites (N-methyl/N-ethyl adjacent to an activating group) is 1. The molecule has 0 saturated carbocycles. The standard InChI is InChI=1S/C14H18N2O5S/c1-10-14(17)15(2)5-6-16(10)22(18,19)11-3-4-12-13(9-11)21-8-7-20-12/h3-4,9-10H,5-8H2,1-2H3. The number of rotatable bonds is 2. The number of piperazine rings is 1. The van der Waals surface area contributed by atoms with Crippen LogP contribution in [0.3, 0.4) is 0 Å². The maximum atomic E-state index is 12.8. The molecule has 0 aliphatic carbocycles. The molecule has 1 unspecified atom stereocenters. The summed E-state index contributed by atoms with van der Waals surface area (Å²) < 4.78 is 37.6. The van der Waals surface area contributed by atoms with Crippen molar-refractivity contribution in [2.75, 3.05) is 33.4 Å². The molecule has 0 N–H and O–H groups in total. The normalized spacial score (nSPS) is 22.7. The summed E-state index contributed by atoms with van der Waals surface area (Å²) in [6.07, 6.45) is 0. The smallest absolute Gasteiger partial charge is 0.243 e. The van der Waals surface area contributed by atoms with Crippen molar-refractivity contribution < 1.29 is 22.7 Å². The number of carbonyl (C=O) groups excluding carboxylic acids is 1. The molecule has 2 heterocycles. The Morgan fingerprint density at radius 1 is 1.14 bits per heavy atom. The molecular weight excluding hydrogens is 308 g/mol. The van der Waals surface area contributed by atoms with E-state index in [0.29, 0.717) is 31.3 Å². The first-order chi connectivity index (χ1) is 10.4. The van der Waals surface area contributed by atoms with Gasteiger partial charge in [0.25, 0.3) is 0 Å². The van der Waals surface area contributed by atoms with E-state index in [1.807, 2.05) is 0 Å². The van der Waals surface area contributed by atoms with Crippen LogP contribution in [0.5, 0.6) is 11.5 Å². The zero-order chi connectivity index (χ0) is 15.9. The average Bonchev–Trinajstić information content (AvgIpc) is 2.52. The number of benzene rings is 1. The van der Waals surface area contributed by atoms with Crippen LogP contribution < -0.4 is 9.47 Å². The van der Waals surface area contributed by atoms with Crippen molar-refractivity contribution in [3.8, 4) is 11.5 Å². The number of hydrogen-bond acceptors (Lipinski definition) is 5. The first-order valence-corrected chi connectivity index (χ1v) is 8.52. The molecule has 0 bridgehead atoms. The number of ether oxygens (including phenoxy) is 2. The Morgan fingerprint density at radius 2 is 1.82 bits per heavy atom. The van der Waals surface area contributed by atoms with Crippen molar-refractivity contribution in [2.24, 2.45) is 0 Å². The quantitative estimate of drug-likeness (QED) is 0.782. The van der Waals surface area contributed by atoms with Gasteiger partial charge in [-0.15, -0.1) is 0 Å². The molecule has 1 aromatic carbocycles. The summed E-state index contributed by atoms with van der Waals surface area (Å²) in [5.74, 6) is 0.750. The fourth-order valence-corrected chi connectivity index (χ4v) is 4.24. The minimum absolute atomic E-state index is 0.112. The maximum absolute atomic E-state index is 12.8. The zero-order valence-corrected chi connectivity index (χ0v) is 13.3. The second kappa shape index (κ2) is 5.44. The highest BCUT2D eigenvalue weighted by molar-refractivity contribution is 7.89. The number of nitrogens with zero attached hydrogens (tertiary/aromatic N) is 2. The third-order valence-electron chi connectivity index (χ3n) is 3.94. The van der Waals surface area contributed by atoms with Gasteiger partial charge in [-0.3, -0.25) is 4.79 Å². The molecule has 7 nitrogen and oxygen atoms in total. The van der Waals surface area contributed by atoms with Crippen molar-refractivity contribution in [3.63, 3.8) is 0 Å². The Hall–Kier alpha value is -1.80. The highest BCUT2D eigenvalue weighted by atomic mass is 32.2. The SMILES string of the molecule is CC1C(=O)N(C)CCN1S(=O)(=O)c1ccc2c(c1)OCCO2. The third kappa shape index (κ3) is 2.42. The lowest BCUT2D eigenvalue weighted by atomic mass is 10.2. The number of fused-ring (bicyclic) bond motifs is 1. The summed E-state index contributed by atoms with van der Waals surface area (Å²) in [5, 5.41) is 0. The van der Waals surface area contributed by atoms with Gasteiger partial charge in [-0.05, 0) is 19.1 Å². The first kappa shape index (κ1) is 15.1. The topological polar surface area (TPSA) is 76.2 Å². The minimum atomic E-state index is -3.75. The van der Waals surface area contributed by atoms with E-state index in [4.69, 9.17) is 9.47 Å². The molecular formula is C14H18N2O5S. The molecule has 1 atom stereocenters. The Bertz CT molecular complexity index is 703. The molecule has 22 heavy (non-hydrogen) atoms. The number of hydrogen-bond donors (Lipinski definition) is 0. The molecule has 0 radical (unpaired) electrons. The Morgan fingerprint density at radius 3 is 2.55 bits per heavy atom. The fourth-order valence-electron chi connectivity index (χ4n) is 2.64. The van der Waals surface area contributed by atoms with Gasteiger partial charge in [-0.2, -0.15) is 4.31 Å². The van der Waals surface area contributed by atoms with E-state index in [1.165, 1.54) is 16.4 Å². The van der Waals surface area contributed by atoms with Crippen LogP contribution >= 0.6 is 0 Å². The van der Waals surface area contributed by atoms with Crippen molar-refractivity contribution in [1.29, 1.82) is 0 Å². The molecule has 3 rings (SSSR count). The van der Waals surface area contributed by atoms with Gasteiger partial charge in [0.05, 0.1) is 4.90 Å². The molecule has 1 fully saturated rings. The van der Waals surface area contributed by atoms with E-state index in [1.54, 1.807) is 24.9 Å². The highest BCUT2D eigenvalue weighted by Crippen LogP contribution is 2.33. The van der Waals surface area contributed by atoms with Crippen LogP contribution in [-0.4, -0.2) is 62.9 Å². The largest absolute Gasteiger partial charge is 0.486 e. The van der Waals surface area contributed by atoms with Crippen LogP contribution in [0.25, 0.3) is 0 Å². The van der Waals surface area contributed by atoms with E-state index in [0.717, 1.165) is 0 Å². The molecule has 0 spiro atoms. The molecule has 0 aromatic heterocycles. The average molecular weight is 326 g/mol. The predicted molar refractivity (Wildman–Crippen MR) is 78.4 cm³/mol. The maximum Gasteiger partial charge on any atom is 0.243 e. The van der Waals surface area contributed by atoms with Crippen LogP contribution in [0.2, 0.25) is 0 Å². The number of carbonyl (C=O) groups is 1. The van der Waals surface area contributed by atoms with Gasteiger partial charge in [-0.1, -0.05) is 0 Å². The molecule has 8 heteroatoms. The molecule has 1 aromatic rings. The molecule has 120 valence electrons. The Kier molecular flexibility index (Phi) is 3.73. The van der Waals surface area contributed by atoms with Crippen LogP contribution in [0, 0.1) is 0 Å². The molecule has 1 saturated heterocycles. The highest BCUT2D eigenvalue weighted by Gasteiger charge is 2.38. The Labute approximate surface area is 129 Å².